The molecule has 0 aliphatic rings. The summed E-state index contributed by atoms with van der Waals surface area (Å²) in [4.78, 5) is 12.8. The van der Waals surface area contributed by atoms with Crippen LogP contribution < -0.4 is 5.32 Å². The molecule has 0 unspecified atom stereocenters. The smallest absolute Gasteiger partial charge is 0.235 e. The Balaban J connectivity index is 0.00000225. The Labute approximate surface area is 152 Å². The van der Waals surface area contributed by atoms with Crippen molar-refractivity contribution in [1.82, 2.24) is 24.8 Å². The van der Waals surface area contributed by atoms with Crippen molar-refractivity contribution in [2.45, 2.75) is 19.3 Å². The predicted molar refractivity (Wildman–Crippen MR) is 97.7 cm³/mol. The second-order valence-corrected chi connectivity index (χ2v) is 5.55. The first kappa shape index (κ1) is 19.0. The number of halogens is 2. The maximum absolute atomic E-state index is 13.1. The van der Waals surface area contributed by atoms with Crippen molar-refractivity contribution in [3.63, 3.8) is 0 Å². The first-order valence-corrected chi connectivity index (χ1v) is 8.07. The zero-order valence-electron chi connectivity index (χ0n) is 13.8. The van der Waals surface area contributed by atoms with Gasteiger partial charge in [-0.1, -0.05) is 12.1 Å². The Morgan fingerprint density at radius 3 is 2.80 bits per heavy atom. The molecule has 3 aromatic rings. The molecule has 3 rings (SSSR count). The van der Waals surface area contributed by atoms with Gasteiger partial charge < -0.3 is 5.32 Å². The zero-order valence-corrected chi connectivity index (χ0v) is 14.6. The van der Waals surface area contributed by atoms with E-state index in [0.29, 0.717) is 5.95 Å². The van der Waals surface area contributed by atoms with Crippen LogP contribution in [0.15, 0.2) is 55.2 Å². The zero-order chi connectivity index (χ0) is 16.6. The summed E-state index contributed by atoms with van der Waals surface area (Å²) in [6.45, 7) is 1.75. The summed E-state index contributed by atoms with van der Waals surface area (Å²) in [5, 5.41) is 3.40. The monoisotopic (exact) mass is 361 g/mol. The largest absolute Gasteiger partial charge is 0.316 e. The van der Waals surface area contributed by atoms with Crippen LogP contribution in [-0.2, 0) is 12.8 Å². The second kappa shape index (κ2) is 9.86. The van der Waals surface area contributed by atoms with Gasteiger partial charge in [0, 0.05) is 37.3 Å². The predicted octanol–water partition coefficient (Wildman–Crippen LogP) is 2.99. The van der Waals surface area contributed by atoms with Gasteiger partial charge in [0.05, 0.1) is 0 Å². The van der Waals surface area contributed by atoms with Gasteiger partial charge in [0.15, 0.2) is 0 Å². The van der Waals surface area contributed by atoms with E-state index in [9.17, 15) is 4.39 Å². The molecule has 0 amide bonds. The molecule has 0 bridgehead atoms. The highest BCUT2D eigenvalue weighted by Crippen LogP contribution is 2.06. The lowest BCUT2D eigenvalue weighted by molar-refractivity contribution is 0.619. The Kier molecular flexibility index (Phi) is 7.50. The fourth-order valence-electron chi connectivity index (χ4n) is 2.48. The molecular weight excluding hydrogens is 341 g/mol. The molecular formula is C18H21ClFN5. The topological polar surface area (TPSA) is 55.6 Å². The highest BCUT2D eigenvalue weighted by molar-refractivity contribution is 5.85. The van der Waals surface area contributed by atoms with Crippen molar-refractivity contribution in [3.05, 3.63) is 72.3 Å². The normalized spacial score (nSPS) is 10.4. The lowest BCUT2D eigenvalue weighted by Gasteiger charge is -2.06. The van der Waals surface area contributed by atoms with Crippen LogP contribution in [0.1, 0.15) is 17.7 Å². The number of imidazole rings is 1. The summed E-state index contributed by atoms with van der Waals surface area (Å²) in [7, 11) is 0. The molecule has 0 radical (unpaired) electrons. The number of aromatic nitrogens is 4. The minimum atomic E-state index is -0.169. The van der Waals surface area contributed by atoms with Crippen LogP contribution in [0.25, 0.3) is 5.95 Å². The summed E-state index contributed by atoms with van der Waals surface area (Å²) in [6, 6.07) is 8.71. The summed E-state index contributed by atoms with van der Waals surface area (Å²) in [5.41, 5.74) is 2.03. The fraction of sp³-hybridized carbons (Fsp3) is 0.278. The average Bonchev–Trinajstić information content (AvgIpc) is 3.13. The van der Waals surface area contributed by atoms with Gasteiger partial charge >= 0.3 is 0 Å². The number of nitrogens with one attached hydrogen (secondary N) is 1. The van der Waals surface area contributed by atoms with Crippen LogP contribution in [0, 0.1) is 5.82 Å². The molecule has 25 heavy (non-hydrogen) atoms. The molecule has 2 aromatic heterocycles. The lowest BCUT2D eigenvalue weighted by atomic mass is 10.1. The van der Waals surface area contributed by atoms with Crippen LogP contribution in [-0.4, -0.2) is 32.6 Å². The summed E-state index contributed by atoms with van der Waals surface area (Å²) in [6.07, 6.45) is 9.67. The Morgan fingerprint density at radius 2 is 2.00 bits per heavy atom. The summed E-state index contributed by atoms with van der Waals surface area (Å²) >= 11 is 0. The molecule has 0 fully saturated rings. The fourth-order valence-corrected chi connectivity index (χ4v) is 2.48. The Morgan fingerprint density at radius 1 is 1.08 bits per heavy atom. The van der Waals surface area contributed by atoms with Gasteiger partial charge in [-0.15, -0.1) is 12.4 Å². The maximum Gasteiger partial charge on any atom is 0.235 e. The van der Waals surface area contributed by atoms with E-state index in [1.54, 1.807) is 35.4 Å². The molecule has 0 aliphatic heterocycles. The molecule has 0 atom stereocenters. The summed E-state index contributed by atoms with van der Waals surface area (Å²) in [5.74, 6) is 0.467. The van der Waals surface area contributed by atoms with Gasteiger partial charge in [-0.25, -0.2) is 19.3 Å². The number of rotatable bonds is 8. The van der Waals surface area contributed by atoms with Crippen molar-refractivity contribution in [3.8, 4) is 5.95 Å². The maximum atomic E-state index is 13.1. The quantitative estimate of drug-likeness (QED) is 0.627. The van der Waals surface area contributed by atoms with Gasteiger partial charge in [0.2, 0.25) is 5.95 Å². The Bertz CT molecular complexity index is 764. The number of aryl methyl sites for hydroxylation is 1. The van der Waals surface area contributed by atoms with Crippen molar-refractivity contribution >= 4 is 12.4 Å². The van der Waals surface area contributed by atoms with Crippen molar-refractivity contribution in [2.75, 3.05) is 13.1 Å². The minimum Gasteiger partial charge on any atom is -0.316 e. The van der Waals surface area contributed by atoms with Gasteiger partial charge in [0.25, 0.3) is 0 Å². The van der Waals surface area contributed by atoms with E-state index in [2.05, 4.69) is 20.3 Å². The van der Waals surface area contributed by atoms with E-state index in [1.165, 1.54) is 6.07 Å². The molecule has 5 nitrogen and oxygen atoms in total. The van der Waals surface area contributed by atoms with E-state index in [4.69, 9.17) is 0 Å². The first-order valence-electron chi connectivity index (χ1n) is 8.07. The third-order valence-electron chi connectivity index (χ3n) is 3.70. The molecule has 0 aliphatic carbocycles. The molecule has 0 saturated carbocycles. The van der Waals surface area contributed by atoms with Crippen LogP contribution in [0.5, 0.6) is 0 Å². The molecule has 0 saturated heterocycles. The van der Waals surface area contributed by atoms with Gasteiger partial charge in [-0.3, -0.25) is 4.57 Å². The van der Waals surface area contributed by atoms with E-state index >= 15 is 0 Å². The van der Waals surface area contributed by atoms with Gasteiger partial charge in [-0.05, 0) is 43.1 Å². The van der Waals surface area contributed by atoms with Crippen molar-refractivity contribution < 1.29 is 4.39 Å². The minimum absolute atomic E-state index is 0. The van der Waals surface area contributed by atoms with E-state index in [1.807, 2.05) is 18.3 Å². The van der Waals surface area contributed by atoms with Crippen LogP contribution in [0.3, 0.4) is 0 Å². The summed E-state index contributed by atoms with van der Waals surface area (Å²) < 4.78 is 14.9. The number of nitrogens with zero attached hydrogens (tertiary/aromatic N) is 4. The first-order chi connectivity index (χ1) is 11.8. The van der Waals surface area contributed by atoms with Crippen molar-refractivity contribution in [2.24, 2.45) is 0 Å². The molecule has 7 heteroatoms. The third kappa shape index (κ3) is 5.92. The van der Waals surface area contributed by atoms with Crippen LogP contribution in [0.2, 0.25) is 0 Å². The highest BCUT2D eigenvalue weighted by Gasteiger charge is 2.01. The molecule has 1 N–H and O–H groups in total. The van der Waals surface area contributed by atoms with E-state index in [0.717, 1.165) is 43.6 Å². The number of benzene rings is 1. The SMILES string of the molecule is Cl.Fc1cccc(CCCNCCc2ccnc(-n3ccnc3)n2)c1. The molecule has 132 valence electrons. The highest BCUT2D eigenvalue weighted by atomic mass is 35.5. The van der Waals surface area contributed by atoms with Gasteiger partial charge in [0.1, 0.15) is 12.1 Å². The number of hydrogen-bond acceptors (Lipinski definition) is 4. The van der Waals surface area contributed by atoms with Gasteiger partial charge in [-0.2, -0.15) is 0 Å². The molecule has 2 heterocycles. The average molecular weight is 362 g/mol. The molecule has 0 spiro atoms. The lowest BCUT2D eigenvalue weighted by Crippen LogP contribution is -2.19. The van der Waals surface area contributed by atoms with Crippen molar-refractivity contribution in [1.29, 1.82) is 0 Å². The van der Waals surface area contributed by atoms with Crippen LogP contribution in [0.4, 0.5) is 4.39 Å². The number of hydrogen-bond donors (Lipinski definition) is 1. The van der Waals surface area contributed by atoms with E-state index in [-0.39, 0.29) is 18.2 Å². The second-order valence-electron chi connectivity index (χ2n) is 5.55. The third-order valence-corrected chi connectivity index (χ3v) is 3.70. The standard InChI is InChI=1S/C18H20FN5.ClH/c19-16-5-1-3-15(13-16)4-2-8-20-9-6-17-7-10-22-18(23-17)24-12-11-21-14-24;/h1,3,5,7,10-14,20H,2,4,6,8-9H2;1H. The Hall–Kier alpha value is -2.31. The van der Waals surface area contributed by atoms with Crippen LogP contribution >= 0.6 is 12.4 Å². The molecule has 1 aromatic carbocycles. The van der Waals surface area contributed by atoms with E-state index < -0.39 is 0 Å².